The second kappa shape index (κ2) is 10.2. The molecule has 4 rings (SSSR count). The Hall–Kier alpha value is -2.93. The minimum atomic E-state index is -4.67. The highest BCUT2D eigenvalue weighted by molar-refractivity contribution is 5.95. The normalized spacial score (nSPS) is 24.7. The van der Waals surface area contributed by atoms with Gasteiger partial charge in [0, 0.05) is 11.4 Å². The zero-order chi connectivity index (χ0) is 26.1. The first-order chi connectivity index (χ1) is 16.9. The van der Waals surface area contributed by atoms with Crippen molar-refractivity contribution in [2.75, 3.05) is 13.2 Å². The molecule has 2 heterocycles. The third kappa shape index (κ3) is 6.64. The van der Waals surface area contributed by atoms with Gasteiger partial charge in [-0.3, -0.25) is 14.3 Å². The number of amides is 2. The van der Waals surface area contributed by atoms with Crippen LogP contribution < -0.4 is 10.6 Å². The summed E-state index contributed by atoms with van der Waals surface area (Å²) in [5, 5.41) is 5.75. The Bertz CT molecular complexity index is 1110. The van der Waals surface area contributed by atoms with E-state index in [-0.39, 0.29) is 47.1 Å². The number of fused-ring (bicyclic) bond motifs is 1. The van der Waals surface area contributed by atoms with E-state index in [0.29, 0.717) is 25.7 Å². The topological polar surface area (TPSA) is 89.6 Å². The van der Waals surface area contributed by atoms with Crippen LogP contribution in [-0.4, -0.2) is 54.6 Å². The standard InChI is InChI=1S/C23H23F6N3O4/c24-22(25,26)14-2-5-17-13(9-14)1-4-18(32-17)20(33)30-15-3-6-19(35-11-15)21(34)31-16-7-12(8-16)10-36-23(27,28)29/h1-2,4-5,9,12,15-16,19H,3,6-8,10-11H2,(H,30,33)(H,31,34)/t12-,15-,16-,19+/m1/s1. The van der Waals surface area contributed by atoms with Crippen LogP contribution in [0, 0.1) is 5.92 Å². The molecular weight excluding hydrogens is 496 g/mol. The molecule has 2 amide bonds. The van der Waals surface area contributed by atoms with Crippen molar-refractivity contribution in [2.45, 2.75) is 56.4 Å². The SMILES string of the molecule is O=C(N[C@@H]1CC[C@@H](C(=O)N[C@H]2C[C@H](COC(F)(F)F)C2)OC1)c1ccc2cc(C(F)(F)F)ccc2n1. The molecule has 1 aromatic heterocycles. The first-order valence-electron chi connectivity index (χ1n) is 11.3. The molecule has 0 radical (unpaired) electrons. The summed E-state index contributed by atoms with van der Waals surface area (Å²) in [6.07, 6.45) is -8.32. The van der Waals surface area contributed by atoms with E-state index < -0.39 is 36.7 Å². The molecular formula is C23H23F6N3O4. The van der Waals surface area contributed by atoms with E-state index in [1.165, 1.54) is 18.2 Å². The van der Waals surface area contributed by atoms with Crippen molar-refractivity contribution in [3.05, 3.63) is 41.6 Å². The first kappa shape index (κ1) is 26.1. The Kier molecular flexibility index (Phi) is 7.41. The van der Waals surface area contributed by atoms with E-state index in [4.69, 9.17) is 4.74 Å². The number of nitrogens with zero attached hydrogens (tertiary/aromatic N) is 1. The molecule has 0 unspecified atom stereocenters. The van der Waals surface area contributed by atoms with Crippen molar-refractivity contribution in [2.24, 2.45) is 5.92 Å². The number of rotatable bonds is 6. The molecule has 0 bridgehead atoms. The van der Waals surface area contributed by atoms with Gasteiger partial charge in [0.1, 0.15) is 11.8 Å². The lowest BCUT2D eigenvalue weighted by Gasteiger charge is -2.37. The summed E-state index contributed by atoms with van der Waals surface area (Å²) in [5.74, 6) is -1.14. The minimum Gasteiger partial charge on any atom is -0.366 e. The van der Waals surface area contributed by atoms with Crippen LogP contribution in [0.15, 0.2) is 30.3 Å². The van der Waals surface area contributed by atoms with Crippen LogP contribution in [0.4, 0.5) is 26.3 Å². The fourth-order valence-corrected chi connectivity index (χ4v) is 4.26. The van der Waals surface area contributed by atoms with Gasteiger partial charge in [-0.05, 0) is 55.9 Å². The van der Waals surface area contributed by atoms with Crippen LogP contribution in [-0.2, 0) is 20.4 Å². The molecule has 2 fully saturated rings. The lowest BCUT2D eigenvalue weighted by atomic mass is 9.80. The summed E-state index contributed by atoms with van der Waals surface area (Å²) in [7, 11) is 0. The number of nitrogens with one attached hydrogen (secondary N) is 2. The Balaban J connectivity index is 1.21. The van der Waals surface area contributed by atoms with Crippen molar-refractivity contribution in [1.29, 1.82) is 0 Å². The lowest BCUT2D eigenvalue weighted by Crippen LogP contribution is -2.52. The monoisotopic (exact) mass is 519 g/mol. The van der Waals surface area contributed by atoms with Gasteiger partial charge in [0.2, 0.25) is 5.91 Å². The number of hydrogen-bond acceptors (Lipinski definition) is 5. The molecule has 1 aromatic carbocycles. The number of alkyl halides is 6. The van der Waals surface area contributed by atoms with Crippen LogP contribution in [0.2, 0.25) is 0 Å². The Morgan fingerprint density at radius 2 is 1.75 bits per heavy atom. The van der Waals surface area contributed by atoms with Gasteiger partial charge in [0.05, 0.1) is 30.3 Å². The van der Waals surface area contributed by atoms with Gasteiger partial charge in [-0.2, -0.15) is 13.2 Å². The number of aromatic nitrogens is 1. The van der Waals surface area contributed by atoms with Crippen molar-refractivity contribution >= 4 is 22.7 Å². The van der Waals surface area contributed by atoms with Crippen LogP contribution in [0.5, 0.6) is 0 Å². The van der Waals surface area contributed by atoms with E-state index in [9.17, 15) is 35.9 Å². The Labute approximate surface area is 201 Å². The van der Waals surface area contributed by atoms with Crippen molar-refractivity contribution in [3.8, 4) is 0 Å². The molecule has 2 aliphatic rings. The molecule has 196 valence electrons. The average Bonchev–Trinajstić information content (AvgIpc) is 2.78. The Morgan fingerprint density at radius 3 is 2.39 bits per heavy atom. The number of carbonyl (C=O) groups is 2. The van der Waals surface area contributed by atoms with E-state index in [1.807, 2.05) is 0 Å². The number of carbonyl (C=O) groups excluding carboxylic acids is 2. The zero-order valence-corrected chi connectivity index (χ0v) is 18.8. The highest BCUT2D eigenvalue weighted by atomic mass is 19.4. The van der Waals surface area contributed by atoms with Gasteiger partial charge in [-0.15, -0.1) is 13.2 Å². The molecule has 1 saturated heterocycles. The van der Waals surface area contributed by atoms with Crippen LogP contribution in [0.25, 0.3) is 10.9 Å². The molecule has 0 spiro atoms. The second-order valence-electron chi connectivity index (χ2n) is 8.97. The molecule has 2 N–H and O–H groups in total. The van der Waals surface area contributed by atoms with Gasteiger partial charge in [0.15, 0.2) is 0 Å². The fourth-order valence-electron chi connectivity index (χ4n) is 4.26. The molecule has 1 aliphatic heterocycles. The molecule has 36 heavy (non-hydrogen) atoms. The van der Waals surface area contributed by atoms with Gasteiger partial charge >= 0.3 is 12.5 Å². The van der Waals surface area contributed by atoms with Gasteiger partial charge < -0.3 is 15.4 Å². The maximum Gasteiger partial charge on any atom is 0.522 e. The Morgan fingerprint density at radius 1 is 1.00 bits per heavy atom. The quantitative estimate of drug-likeness (QED) is 0.564. The van der Waals surface area contributed by atoms with Crippen molar-refractivity contribution in [3.63, 3.8) is 0 Å². The highest BCUT2D eigenvalue weighted by Gasteiger charge is 2.37. The van der Waals surface area contributed by atoms with Crippen LogP contribution >= 0.6 is 0 Å². The summed E-state index contributed by atoms with van der Waals surface area (Å²) in [5.41, 5.74) is -0.522. The summed E-state index contributed by atoms with van der Waals surface area (Å²) in [6, 6.07) is 5.18. The molecule has 13 heteroatoms. The second-order valence-corrected chi connectivity index (χ2v) is 8.97. The molecule has 7 nitrogen and oxygen atoms in total. The number of ether oxygens (including phenoxy) is 2. The summed E-state index contributed by atoms with van der Waals surface area (Å²) in [4.78, 5) is 29.1. The largest absolute Gasteiger partial charge is 0.522 e. The minimum absolute atomic E-state index is 0.0381. The summed E-state index contributed by atoms with van der Waals surface area (Å²) in [6.45, 7) is -0.364. The fraction of sp³-hybridized carbons (Fsp3) is 0.522. The molecule has 1 aliphatic carbocycles. The molecule has 2 atom stereocenters. The van der Waals surface area contributed by atoms with E-state index >= 15 is 0 Å². The van der Waals surface area contributed by atoms with E-state index in [1.54, 1.807) is 0 Å². The van der Waals surface area contributed by atoms with Crippen LogP contribution in [0.1, 0.15) is 41.7 Å². The number of hydrogen-bond donors (Lipinski definition) is 2. The number of pyridine rings is 1. The van der Waals surface area contributed by atoms with Gasteiger partial charge in [-0.25, -0.2) is 4.98 Å². The molecule has 2 aromatic rings. The van der Waals surface area contributed by atoms with Gasteiger partial charge in [-0.1, -0.05) is 6.07 Å². The predicted octanol–water partition coefficient (Wildman–Crippen LogP) is 3.96. The summed E-state index contributed by atoms with van der Waals surface area (Å²) < 4.78 is 84.2. The first-order valence-corrected chi connectivity index (χ1v) is 11.3. The van der Waals surface area contributed by atoms with Gasteiger partial charge in [0.25, 0.3) is 5.91 Å². The maximum atomic E-state index is 12.9. The number of halogens is 6. The average molecular weight is 519 g/mol. The van der Waals surface area contributed by atoms with Crippen molar-refractivity contribution < 1.29 is 45.4 Å². The van der Waals surface area contributed by atoms with E-state index in [2.05, 4.69) is 20.4 Å². The summed E-state index contributed by atoms with van der Waals surface area (Å²) >= 11 is 0. The van der Waals surface area contributed by atoms with Crippen LogP contribution in [0.3, 0.4) is 0 Å². The van der Waals surface area contributed by atoms with Crippen molar-refractivity contribution in [1.82, 2.24) is 15.6 Å². The number of benzene rings is 1. The smallest absolute Gasteiger partial charge is 0.366 e. The third-order valence-electron chi connectivity index (χ3n) is 6.22. The molecule has 1 saturated carbocycles. The zero-order valence-electron chi connectivity index (χ0n) is 18.8. The third-order valence-corrected chi connectivity index (χ3v) is 6.22. The maximum absolute atomic E-state index is 12.9. The lowest BCUT2D eigenvalue weighted by molar-refractivity contribution is -0.330. The predicted molar refractivity (Wildman–Crippen MR) is 114 cm³/mol. The highest BCUT2D eigenvalue weighted by Crippen LogP contribution is 2.32. The van der Waals surface area contributed by atoms with E-state index in [0.717, 1.165) is 12.1 Å².